The lowest BCUT2D eigenvalue weighted by Gasteiger charge is -2.32. The van der Waals surface area contributed by atoms with Crippen LogP contribution < -0.4 is 5.14 Å². The highest BCUT2D eigenvalue weighted by atomic mass is 32.2. The molecule has 1 aliphatic heterocycles. The van der Waals surface area contributed by atoms with Crippen molar-refractivity contribution in [3.63, 3.8) is 0 Å². The average Bonchev–Trinajstić information content (AvgIpc) is 2.37. The van der Waals surface area contributed by atoms with E-state index in [2.05, 4.69) is 0 Å². The van der Waals surface area contributed by atoms with Gasteiger partial charge in [-0.25, -0.2) is 13.6 Å². The highest BCUT2D eigenvalue weighted by molar-refractivity contribution is 7.89. The minimum absolute atomic E-state index is 0.103. The Morgan fingerprint density at radius 1 is 1.30 bits per heavy atom. The highest BCUT2D eigenvalue weighted by Crippen LogP contribution is 2.21. The molecule has 0 bridgehead atoms. The molecule has 2 rings (SSSR count). The Kier molecular flexibility index (Phi) is 4.15. The molecule has 1 saturated heterocycles. The Morgan fingerprint density at radius 2 is 1.90 bits per heavy atom. The van der Waals surface area contributed by atoms with E-state index >= 15 is 0 Å². The van der Waals surface area contributed by atoms with E-state index in [1.165, 1.54) is 0 Å². The number of amides is 1. The number of sulfonamides is 1. The lowest BCUT2D eigenvalue weighted by atomic mass is 10.0. The number of benzene rings is 1. The molecule has 0 saturated carbocycles. The van der Waals surface area contributed by atoms with Crippen molar-refractivity contribution in [2.45, 2.75) is 31.9 Å². The largest absolute Gasteiger partial charge is 0.337 e. The number of piperidine rings is 1. The molecular formula is C14H20N2O3S. The number of carbonyl (C=O) groups is 1. The maximum absolute atomic E-state index is 12.6. The number of aryl methyl sites for hydroxylation is 2. The Balaban J connectivity index is 2.26. The second kappa shape index (κ2) is 5.54. The molecule has 1 aliphatic rings. The predicted molar refractivity (Wildman–Crippen MR) is 77.9 cm³/mol. The monoisotopic (exact) mass is 296 g/mol. The van der Waals surface area contributed by atoms with Crippen molar-refractivity contribution in [2.75, 3.05) is 13.1 Å². The van der Waals surface area contributed by atoms with Crippen LogP contribution in [0.25, 0.3) is 0 Å². The van der Waals surface area contributed by atoms with Gasteiger partial charge in [-0.05, 0) is 37.8 Å². The topological polar surface area (TPSA) is 80.5 Å². The molecule has 1 heterocycles. The summed E-state index contributed by atoms with van der Waals surface area (Å²) in [7, 11) is -3.59. The van der Waals surface area contributed by atoms with Crippen LogP contribution in [0.4, 0.5) is 0 Å². The molecule has 0 radical (unpaired) electrons. The number of primary sulfonamides is 1. The van der Waals surface area contributed by atoms with Crippen LogP contribution >= 0.6 is 0 Å². The van der Waals surface area contributed by atoms with Gasteiger partial charge in [0.25, 0.3) is 5.91 Å². The average molecular weight is 296 g/mol. The van der Waals surface area contributed by atoms with E-state index in [0.29, 0.717) is 24.9 Å². The molecule has 2 N–H and O–H groups in total. The van der Waals surface area contributed by atoms with Gasteiger partial charge in [0.05, 0.1) is 5.25 Å². The number of nitrogens with two attached hydrogens (primary N) is 1. The van der Waals surface area contributed by atoms with Crippen molar-refractivity contribution in [1.82, 2.24) is 4.90 Å². The molecule has 0 aliphatic carbocycles. The van der Waals surface area contributed by atoms with Gasteiger partial charge >= 0.3 is 0 Å². The zero-order valence-electron chi connectivity index (χ0n) is 11.8. The molecule has 1 amide bonds. The van der Waals surface area contributed by atoms with E-state index in [4.69, 9.17) is 5.14 Å². The molecule has 110 valence electrons. The Morgan fingerprint density at radius 3 is 2.45 bits per heavy atom. The smallest absolute Gasteiger partial charge is 0.254 e. The lowest BCUT2D eigenvalue weighted by Crippen LogP contribution is -2.47. The standard InChI is InChI=1S/C14H20N2O3S/c1-10-5-3-6-11(2)13(10)14(17)16-8-4-7-12(9-16)20(15,18)19/h3,5-6,12H,4,7-9H2,1-2H3,(H2,15,18,19). The maximum Gasteiger partial charge on any atom is 0.254 e. The minimum Gasteiger partial charge on any atom is -0.337 e. The number of hydrogen-bond donors (Lipinski definition) is 1. The summed E-state index contributed by atoms with van der Waals surface area (Å²) >= 11 is 0. The van der Waals surface area contributed by atoms with Crippen LogP contribution in [0.1, 0.15) is 34.3 Å². The summed E-state index contributed by atoms with van der Waals surface area (Å²) in [5, 5.41) is 4.56. The van der Waals surface area contributed by atoms with Crippen LogP contribution in [0.3, 0.4) is 0 Å². The summed E-state index contributed by atoms with van der Waals surface area (Å²) in [5.41, 5.74) is 2.49. The van der Waals surface area contributed by atoms with Crippen molar-refractivity contribution in [1.29, 1.82) is 0 Å². The Labute approximate surface area is 119 Å². The van der Waals surface area contributed by atoms with Crippen molar-refractivity contribution < 1.29 is 13.2 Å². The molecule has 20 heavy (non-hydrogen) atoms. The lowest BCUT2D eigenvalue weighted by molar-refractivity contribution is 0.0725. The van der Waals surface area contributed by atoms with Gasteiger partial charge in [-0.1, -0.05) is 18.2 Å². The fourth-order valence-electron chi connectivity index (χ4n) is 2.70. The minimum atomic E-state index is -3.59. The summed E-state index contributed by atoms with van der Waals surface area (Å²) in [5.74, 6) is -0.103. The fourth-order valence-corrected chi connectivity index (χ4v) is 3.58. The van der Waals surface area contributed by atoms with E-state index in [1.807, 2.05) is 32.0 Å². The summed E-state index contributed by atoms with van der Waals surface area (Å²) in [6.07, 6.45) is 1.19. The van der Waals surface area contributed by atoms with Gasteiger partial charge in [0, 0.05) is 18.7 Å². The van der Waals surface area contributed by atoms with Crippen LogP contribution in [0.15, 0.2) is 18.2 Å². The van der Waals surface area contributed by atoms with E-state index < -0.39 is 15.3 Å². The van der Waals surface area contributed by atoms with Gasteiger partial charge < -0.3 is 4.90 Å². The van der Waals surface area contributed by atoms with E-state index in [9.17, 15) is 13.2 Å². The van der Waals surface area contributed by atoms with Crippen molar-refractivity contribution in [3.8, 4) is 0 Å². The first-order valence-corrected chi connectivity index (χ1v) is 8.28. The van der Waals surface area contributed by atoms with Crippen molar-refractivity contribution in [3.05, 3.63) is 34.9 Å². The van der Waals surface area contributed by atoms with E-state index in [1.54, 1.807) is 4.90 Å². The molecule has 0 spiro atoms. The van der Waals surface area contributed by atoms with Crippen molar-refractivity contribution >= 4 is 15.9 Å². The first-order chi connectivity index (χ1) is 9.30. The molecule has 5 nitrogen and oxygen atoms in total. The first-order valence-electron chi connectivity index (χ1n) is 6.68. The second-order valence-electron chi connectivity index (χ2n) is 5.37. The highest BCUT2D eigenvalue weighted by Gasteiger charge is 2.31. The van der Waals surface area contributed by atoms with E-state index in [-0.39, 0.29) is 12.5 Å². The Bertz CT molecular complexity index is 605. The molecule has 0 aromatic heterocycles. The molecule has 1 aromatic carbocycles. The van der Waals surface area contributed by atoms with Gasteiger partial charge in [-0.3, -0.25) is 4.79 Å². The number of likely N-dealkylation sites (tertiary alicyclic amines) is 1. The number of nitrogens with zero attached hydrogens (tertiary/aromatic N) is 1. The molecule has 6 heteroatoms. The summed E-state index contributed by atoms with van der Waals surface area (Å²) in [6.45, 7) is 4.55. The molecule has 1 fully saturated rings. The van der Waals surface area contributed by atoms with Gasteiger partial charge in [0.1, 0.15) is 0 Å². The normalized spacial score (nSPS) is 19.9. The number of carbonyl (C=O) groups excluding carboxylic acids is 1. The van der Waals surface area contributed by atoms with Crippen LogP contribution in [-0.4, -0.2) is 37.6 Å². The third-order valence-electron chi connectivity index (χ3n) is 3.82. The summed E-state index contributed by atoms with van der Waals surface area (Å²) in [6, 6.07) is 5.69. The van der Waals surface area contributed by atoms with Gasteiger partial charge in [0.15, 0.2) is 0 Å². The summed E-state index contributed by atoms with van der Waals surface area (Å²) in [4.78, 5) is 14.2. The quantitative estimate of drug-likeness (QED) is 0.890. The van der Waals surface area contributed by atoms with Crippen LogP contribution in [0.2, 0.25) is 0 Å². The molecule has 1 aromatic rings. The first kappa shape index (κ1) is 15.0. The third kappa shape index (κ3) is 3.02. The fraction of sp³-hybridized carbons (Fsp3) is 0.500. The van der Waals surface area contributed by atoms with Gasteiger partial charge in [-0.2, -0.15) is 0 Å². The maximum atomic E-state index is 12.6. The third-order valence-corrected chi connectivity index (χ3v) is 5.14. The number of hydrogen-bond acceptors (Lipinski definition) is 3. The number of rotatable bonds is 2. The van der Waals surface area contributed by atoms with Gasteiger partial charge in [-0.15, -0.1) is 0 Å². The predicted octanol–water partition coefficient (Wildman–Crippen LogP) is 1.20. The SMILES string of the molecule is Cc1cccc(C)c1C(=O)N1CCCC(S(N)(=O)=O)C1. The Hall–Kier alpha value is -1.40. The van der Waals surface area contributed by atoms with Crippen LogP contribution in [0.5, 0.6) is 0 Å². The van der Waals surface area contributed by atoms with Crippen molar-refractivity contribution in [2.24, 2.45) is 5.14 Å². The summed E-state index contributed by atoms with van der Waals surface area (Å²) < 4.78 is 22.9. The van der Waals surface area contributed by atoms with E-state index in [0.717, 1.165) is 11.1 Å². The molecular weight excluding hydrogens is 276 g/mol. The van der Waals surface area contributed by atoms with Crippen LogP contribution in [-0.2, 0) is 10.0 Å². The zero-order chi connectivity index (χ0) is 14.9. The van der Waals surface area contributed by atoms with Crippen LogP contribution in [0, 0.1) is 13.8 Å². The molecule has 1 atom stereocenters. The zero-order valence-corrected chi connectivity index (χ0v) is 12.6. The molecule has 1 unspecified atom stereocenters. The van der Waals surface area contributed by atoms with Gasteiger partial charge in [0.2, 0.25) is 10.0 Å². The second-order valence-corrected chi connectivity index (χ2v) is 7.22.